The van der Waals surface area contributed by atoms with E-state index in [-0.39, 0.29) is 0 Å². The SMILES string of the molecule is CC1(C)[C@H](O)C(=O)O[C@@H]1c1cccc2ccccc12. The number of ether oxygens (including phenoxy) is 1. The first-order chi connectivity index (χ1) is 9.01. The molecule has 98 valence electrons. The van der Waals surface area contributed by atoms with Crippen LogP contribution in [0.1, 0.15) is 25.5 Å². The number of rotatable bonds is 1. The predicted octanol–water partition coefficient (Wildman–Crippen LogP) is 2.82. The molecule has 3 heteroatoms. The number of cyclic esters (lactones) is 1. The molecule has 1 heterocycles. The van der Waals surface area contributed by atoms with Crippen LogP contribution in [0.2, 0.25) is 0 Å². The second kappa shape index (κ2) is 4.07. The largest absolute Gasteiger partial charge is 0.455 e. The summed E-state index contributed by atoms with van der Waals surface area (Å²) in [5.74, 6) is -0.539. The third-order valence-corrected chi connectivity index (χ3v) is 3.94. The molecule has 0 spiro atoms. The molecule has 3 rings (SSSR count). The Bertz CT molecular complexity index is 640. The minimum absolute atomic E-state index is 0.416. The lowest BCUT2D eigenvalue weighted by Crippen LogP contribution is -2.31. The Kier molecular flexibility index (Phi) is 2.61. The van der Waals surface area contributed by atoms with Crippen LogP contribution in [0, 0.1) is 5.41 Å². The highest BCUT2D eigenvalue weighted by Crippen LogP contribution is 2.47. The summed E-state index contributed by atoms with van der Waals surface area (Å²) in [4.78, 5) is 11.6. The highest BCUT2D eigenvalue weighted by atomic mass is 16.6. The van der Waals surface area contributed by atoms with Gasteiger partial charge in [0.2, 0.25) is 0 Å². The second-order valence-corrected chi connectivity index (χ2v) is 5.61. The molecule has 0 saturated carbocycles. The molecular formula is C16H16O3. The molecule has 19 heavy (non-hydrogen) atoms. The van der Waals surface area contributed by atoms with Crippen LogP contribution < -0.4 is 0 Å². The molecule has 0 amide bonds. The normalized spacial score (nSPS) is 25.5. The van der Waals surface area contributed by atoms with E-state index in [0.717, 1.165) is 16.3 Å². The number of carbonyl (C=O) groups is 1. The monoisotopic (exact) mass is 256 g/mol. The molecule has 2 aromatic carbocycles. The smallest absolute Gasteiger partial charge is 0.336 e. The van der Waals surface area contributed by atoms with E-state index in [0.29, 0.717) is 0 Å². The van der Waals surface area contributed by atoms with E-state index in [1.54, 1.807) is 0 Å². The Morgan fingerprint density at radius 2 is 1.79 bits per heavy atom. The second-order valence-electron chi connectivity index (χ2n) is 5.61. The fraction of sp³-hybridized carbons (Fsp3) is 0.312. The van der Waals surface area contributed by atoms with Crippen LogP contribution >= 0.6 is 0 Å². The summed E-state index contributed by atoms with van der Waals surface area (Å²) in [7, 11) is 0. The quantitative estimate of drug-likeness (QED) is 0.798. The number of aliphatic hydroxyl groups excluding tert-OH is 1. The summed E-state index contributed by atoms with van der Waals surface area (Å²) in [6.45, 7) is 3.71. The molecule has 1 aliphatic rings. The van der Waals surface area contributed by atoms with Gasteiger partial charge in [-0.1, -0.05) is 56.3 Å². The van der Waals surface area contributed by atoms with Crippen molar-refractivity contribution >= 4 is 16.7 Å². The molecule has 1 fully saturated rings. The number of esters is 1. The van der Waals surface area contributed by atoms with Crippen molar-refractivity contribution in [1.82, 2.24) is 0 Å². The lowest BCUT2D eigenvalue weighted by Gasteiger charge is -2.27. The molecule has 1 saturated heterocycles. The van der Waals surface area contributed by atoms with Crippen LogP contribution in [0.25, 0.3) is 10.8 Å². The maximum Gasteiger partial charge on any atom is 0.336 e. The van der Waals surface area contributed by atoms with E-state index >= 15 is 0 Å². The zero-order valence-electron chi connectivity index (χ0n) is 11.0. The van der Waals surface area contributed by atoms with Crippen LogP contribution in [-0.2, 0) is 9.53 Å². The summed E-state index contributed by atoms with van der Waals surface area (Å²) in [5, 5.41) is 12.1. The van der Waals surface area contributed by atoms with Crippen molar-refractivity contribution in [3.05, 3.63) is 48.0 Å². The van der Waals surface area contributed by atoms with Gasteiger partial charge in [0.05, 0.1) is 0 Å². The molecular weight excluding hydrogens is 240 g/mol. The van der Waals surface area contributed by atoms with Crippen LogP contribution in [0.4, 0.5) is 0 Å². The van der Waals surface area contributed by atoms with Crippen LogP contribution in [0.3, 0.4) is 0 Å². The Morgan fingerprint density at radius 1 is 1.11 bits per heavy atom. The molecule has 2 aromatic rings. The predicted molar refractivity (Wildman–Crippen MR) is 72.6 cm³/mol. The maximum atomic E-state index is 11.6. The molecule has 2 atom stereocenters. The number of hydrogen-bond donors (Lipinski definition) is 1. The third kappa shape index (κ3) is 1.73. The van der Waals surface area contributed by atoms with Crippen molar-refractivity contribution in [2.45, 2.75) is 26.1 Å². The van der Waals surface area contributed by atoms with Gasteiger partial charge in [-0.05, 0) is 10.8 Å². The van der Waals surface area contributed by atoms with E-state index < -0.39 is 23.6 Å². The van der Waals surface area contributed by atoms with Gasteiger partial charge >= 0.3 is 5.97 Å². The summed E-state index contributed by atoms with van der Waals surface area (Å²) >= 11 is 0. The molecule has 1 aliphatic heterocycles. The maximum absolute atomic E-state index is 11.6. The lowest BCUT2D eigenvalue weighted by atomic mass is 9.79. The van der Waals surface area contributed by atoms with Crippen molar-refractivity contribution in [3.8, 4) is 0 Å². The molecule has 1 N–H and O–H groups in total. The number of aliphatic hydroxyl groups is 1. The number of fused-ring (bicyclic) bond motifs is 1. The lowest BCUT2D eigenvalue weighted by molar-refractivity contribution is -0.147. The zero-order valence-corrected chi connectivity index (χ0v) is 11.0. The molecule has 0 unspecified atom stereocenters. The van der Waals surface area contributed by atoms with Gasteiger partial charge in [0.25, 0.3) is 0 Å². The topological polar surface area (TPSA) is 46.5 Å². The number of benzene rings is 2. The number of hydrogen-bond acceptors (Lipinski definition) is 3. The van der Waals surface area contributed by atoms with Crippen molar-refractivity contribution in [3.63, 3.8) is 0 Å². The molecule has 0 radical (unpaired) electrons. The summed E-state index contributed by atoms with van der Waals surface area (Å²) in [6.07, 6.45) is -1.49. The first kappa shape index (κ1) is 12.2. The van der Waals surface area contributed by atoms with Gasteiger partial charge in [-0.25, -0.2) is 4.79 Å². The highest BCUT2D eigenvalue weighted by molar-refractivity contribution is 5.87. The first-order valence-corrected chi connectivity index (χ1v) is 6.38. The van der Waals surface area contributed by atoms with E-state index in [2.05, 4.69) is 0 Å². The minimum atomic E-state index is -1.07. The van der Waals surface area contributed by atoms with Gasteiger partial charge < -0.3 is 9.84 Å². The summed E-state index contributed by atoms with van der Waals surface area (Å²) < 4.78 is 5.39. The summed E-state index contributed by atoms with van der Waals surface area (Å²) in [6, 6.07) is 13.9. The zero-order chi connectivity index (χ0) is 13.6. The Morgan fingerprint density at radius 3 is 2.47 bits per heavy atom. The van der Waals surface area contributed by atoms with Crippen LogP contribution in [-0.4, -0.2) is 17.2 Å². The fourth-order valence-corrected chi connectivity index (χ4v) is 2.72. The average molecular weight is 256 g/mol. The Labute approximate surface area is 111 Å². The van der Waals surface area contributed by atoms with E-state index in [1.807, 2.05) is 56.3 Å². The third-order valence-electron chi connectivity index (χ3n) is 3.94. The van der Waals surface area contributed by atoms with Gasteiger partial charge in [-0.2, -0.15) is 0 Å². The van der Waals surface area contributed by atoms with Crippen molar-refractivity contribution < 1.29 is 14.6 Å². The van der Waals surface area contributed by atoms with Crippen LogP contribution in [0.15, 0.2) is 42.5 Å². The average Bonchev–Trinajstić information content (AvgIpc) is 2.61. The summed E-state index contributed by atoms with van der Waals surface area (Å²) in [5.41, 5.74) is 0.328. The van der Waals surface area contributed by atoms with E-state index in [9.17, 15) is 9.90 Å². The Balaban J connectivity index is 2.18. The van der Waals surface area contributed by atoms with Crippen molar-refractivity contribution in [2.24, 2.45) is 5.41 Å². The molecule has 0 bridgehead atoms. The minimum Gasteiger partial charge on any atom is -0.455 e. The van der Waals surface area contributed by atoms with Gasteiger partial charge in [-0.15, -0.1) is 0 Å². The molecule has 0 aromatic heterocycles. The molecule has 0 aliphatic carbocycles. The highest BCUT2D eigenvalue weighted by Gasteiger charge is 2.51. The standard InChI is InChI=1S/C16H16O3/c1-16(2)13(17)15(18)19-14(16)12-9-5-7-10-6-3-4-8-11(10)12/h3-9,13-14,17H,1-2H3/t13-,14-/m1/s1. The van der Waals surface area contributed by atoms with E-state index in [1.165, 1.54) is 0 Å². The molecule has 3 nitrogen and oxygen atoms in total. The Hall–Kier alpha value is -1.87. The van der Waals surface area contributed by atoms with Crippen molar-refractivity contribution in [1.29, 1.82) is 0 Å². The van der Waals surface area contributed by atoms with Gasteiger partial charge in [-0.3, -0.25) is 0 Å². The van der Waals surface area contributed by atoms with Crippen molar-refractivity contribution in [2.75, 3.05) is 0 Å². The van der Waals surface area contributed by atoms with Gasteiger partial charge in [0.15, 0.2) is 6.10 Å². The van der Waals surface area contributed by atoms with Gasteiger partial charge in [0, 0.05) is 11.0 Å². The number of carbonyl (C=O) groups excluding carboxylic acids is 1. The van der Waals surface area contributed by atoms with E-state index in [4.69, 9.17) is 4.74 Å². The van der Waals surface area contributed by atoms with Crippen LogP contribution in [0.5, 0.6) is 0 Å². The fourth-order valence-electron chi connectivity index (χ4n) is 2.72. The first-order valence-electron chi connectivity index (χ1n) is 6.38. The van der Waals surface area contributed by atoms with Gasteiger partial charge in [0.1, 0.15) is 6.10 Å².